The topological polar surface area (TPSA) is 78.4 Å². The number of nitrogens with one attached hydrogen (secondary N) is 2. The van der Waals surface area contributed by atoms with E-state index in [4.69, 9.17) is 5.11 Å². The van der Waals surface area contributed by atoms with Crippen LogP contribution in [0, 0.1) is 5.41 Å². The van der Waals surface area contributed by atoms with Crippen LogP contribution in [0.5, 0.6) is 0 Å². The van der Waals surface area contributed by atoms with Gasteiger partial charge in [-0.1, -0.05) is 6.07 Å². The maximum atomic E-state index is 11.9. The fourth-order valence-corrected chi connectivity index (χ4v) is 1.69. The van der Waals surface area contributed by atoms with Crippen LogP contribution < -0.4 is 10.6 Å². The SMILES string of the molecule is CC1(C)CNc2cccc(C(=O)O)c2NC1=O. The van der Waals surface area contributed by atoms with Gasteiger partial charge >= 0.3 is 5.97 Å². The van der Waals surface area contributed by atoms with Gasteiger partial charge in [-0.2, -0.15) is 0 Å². The number of amides is 1. The molecule has 90 valence electrons. The van der Waals surface area contributed by atoms with Crippen molar-refractivity contribution in [2.24, 2.45) is 5.41 Å². The third-order valence-corrected chi connectivity index (χ3v) is 2.87. The molecule has 0 aliphatic carbocycles. The molecule has 1 aliphatic heterocycles. The highest BCUT2D eigenvalue weighted by molar-refractivity contribution is 6.06. The Bertz CT molecular complexity index is 495. The summed E-state index contributed by atoms with van der Waals surface area (Å²) in [6.07, 6.45) is 0. The molecular weight excluding hydrogens is 220 g/mol. The fourth-order valence-electron chi connectivity index (χ4n) is 1.69. The van der Waals surface area contributed by atoms with E-state index in [2.05, 4.69) is 10.6 Å². The molecule has 0 fully saturated rings. The zero-order valence-electron chi connectivity index (χ0n) is 9.70. The highest BCUT2D eigenvalue weighted by atomic mass is 16.4. The molecular formula is C12H14N2O3. The molecule has 5 nitrogen and oxygen atoms in total. The molecule has 0 bridgehead atoms. The molecule has 1 aromatic carbocycles. The van der Waals surface area contributed by atoms with E-state index in [9.17, 15) is 9.59 Å². The summed E-state index contributed by atoms with van der Waals surface area (Å²) >= 11 is 0. The summed E-state index contributed by atoms with van der Waals surface area (Å²) in [5, 5.41) is 14.8. The predicted molar refractivity (Wildman–Crippen MR) is 64.3 cm³/mol. The lowest BCUT2D eigenvalue weighted by Crippen LogP contribution is -2.34. The van der Waals surface area contributed by atoms with Gasteiger partial charge in [0.2, 0.25) is 5.91 Å². The van der Waals surface area contributed by atoms with E-state index < -0.39 is 11.4 Å². The van der Waals surface area contributed by atoms with Crippen LogP contribution in [0.4, 0.5) is 11.4 Å². The summed E-state index contributed by atoms with van der Waals surface area (Å²) in [6, 6.07) is 4.88. The molecule has 0 atom stereocenters. The molecule has 0 unspecified atom stereocenters. The monoisotopic (exact) mass is 234 g/mol. The van der Waals surface area contributed by atoms with Crippen LogP contribution in [-0.2, 0) is 4.79 Å². The van der Waals surface area contributed by atoms with Crippen LogP contribution in [0.3, 0.4) is 0 Å². The van der Waals surface area contributed by atoms with Gasteiger partial charge in [-0.3, -0.25) is 4.79 Å². The van der Waals surface area contributed by atoms with Crippen molar-refractivity contribution in [3.63, 3.8) is 0 Å². The summed E-state index contributed by atoms with van der Waals surface area (Å²) in [5.74, 6) is -1.24. The smallest absolute Gasteiger partial charge is 0.337 e. The summed E-state index contributed by atoms with van der Waals surface area (Å²) < 4.78 is 0. The van der Waals surface area contributed by atoms with E-state index in [0.29, 0.717) is 17.9 Å². The number of hydrogen-bond acceptors (Lipinski definition) is 3. The van der Waals surface area contributed by atoms with Crippen molar-refractivity contribution in [1.29, 1.82) is 0 Å². The fraction of sp³-hybridized carbons (Fsp3) is 0.333. The number of benzene rings is 1. The maximum Gasteiger partial charge on any atom is 0.337 e. The first-order valence-corrected chi connectivity index (χ1v) is 5.33. The third-order valence-electron chi connectivity index (χ3n) is 2.87. The van der Waals surface area contributed by atoms with Crippen molar-refractivity contribution in [2.45, 2.75) is 13.8 Å². The molecule has 0 aromatic heterocycles. The molecule has 0 radical (unpaired) electrons. The first kappa shape index (κ1) is 11.4. The van der Waals surface area contributed by atoms with Crippen molar-refractivity contribution >= 4 is 23.3 Å². The van der Waals surface area contributed by atoms with Crippen molar-refractivity contribution in [3.8, 4) is 0 Å². The van der Waals surface area contributed by atoms with Crippen molar-refractivity contribution in [3.05, 3.63) is 23.8 Å². The van der Waals surface area contributed by atoms with Crippen LogP contribution in [-0.4, -0.2) is 23.5 Å². The first-order chi connectivity index (χ1) is 7.92. The van der Waals surface area contributed by atoms with Gasteiger partial charge in [-0.25, -0.2) is 4.79 Å². The van der Waals surface area contributed by atoms with E-state index in [1.54, 1.807) is 12.1 Å². The van der Waals surface area contributed by atoms with Gasteiger partial charge in [-0.05, 0) is 26.0 Å². The Balaban J connectivity index is 2.51. The minimum absolute atomic E-state index is 0.0982. The number of carbonyl (C=O) groups excluding carboxylic acids is 1. The van der Waals surface area contributed by atoms with Crippen LogP contribution in [0.25, 0.3) is 0 Å². The normalized spacial score (nSPS) is 17.4. The van der Waals surface area contributed by atoms with Gasteiger partial charge < -0.3 is 15.7 Å². The predicted octanol–water partition coefficient (Wildman–Crippen LogP) is 1.77. The average molecular weight is 234 g/mol. The quantitative estimate of drug-likeness (QED) is 0.692. The first-order valence-electron chi connectivity index (χ1n) is 5.33. The summed E-state index contributed by atoms with van der Waals surface area (Å²) in [4.78, 5) is 23.0. The lowest BCUT2D eigenvalue weighted by atomic mass is 9.93. The van der Waals surface area contributed by atoms with E-state index >= 15 is 0 Å². The number of rotatable bonds is 1. The number of hydrogen-bond donors (Lipinski definition) is 3. The Morgan fingerprint density at radius 1 is 1.41 bits per heavy atom. The molecule has 5 heteroatoms. The third kappa shape index (κ3) is 1.95. The molecule has 0 spiro atoms. The summed E-state index contributed by atoms with van der Waals surface area (Å²) in [5.41, 5.74) is 0.509. The Morgan fingerprint density at radius 3 is 2.76 bits per heavy atom. The Morgan fingerprint density at radius 2 is 2.12 bits per heavy atom. The molecule has 3 N–H and O–H groups in total. The maximum absolute atomic E-state index is 11.9. The molecule has 17 heavy (non-hydrogen) atoms. The number of carboxylic acid groups (broad SMARTS) is 1. The van der Waals surface area contributed by atoms with Gasteiger partial charge in [0.1, 0.15) is 0 Å². The van der Waals surface area contributed by atoms with Crippen molar-refractivity contribution < 1.29 is 14.7 Å². The largest absolute Gasteiger partial charge is 0.478 e. The molecule has 2 rings (SSSR count). The molecule has 1 aromatic rings. The van der Waals surface area contributed by atoms with Crippen molar-refractivity contribution in [1.82, 2.24) is 0 Å². The Hall–Kier alpha value is -2.04. The van der Waals surface area contributed by atoms with Crippen LogP contribution in [0.2, 0.25) is 0 Å². The van der Waals surface area contributed by atoms with Crippen molar-refractivity contribution in [2.75, 3.05) is 17.2 Å². The van der Waals surface area contributed by atoms with Gasteiger partial charge in [0.15, 0.2) is 0 Å². The highest BCUT2D eigenvalue weighted by Crippen LogP contribution is 2.32. The lowest BCUT2D eigenvalue weighted by Gasteiger charge is -2.19. The second kappa shape index (κ2) is 3.76. The summed E-state index contributed by atoms with van der Waals surface area (Å²) in [7, 11) is 0. The van der Waals surface area contributed by atoms with E-state index in [0.717, 1.165) is 0 Å². The van der Waals surface area contributed by atoms with Crippen LogP contribution in [0.15, 0.2) is 18.2 Å². The number of carbonyl (C=O) groups is 2. The van der Waals surface area contributed by atoms with Gasteiger partial charge in [0, 0.05) is 6.54 Å². The standard InChI is InChI=1S/C12H14N2O3/c1-12(2)6-13-8-5-3-4-7(10(15)16)9(8)14-11(12)17/h3-5,13H,6H2,1-2H3,(H,14,17)(H,15,16). The minimum Gasteiger partial charge on any atom is -0.478 e. The number of aromatic carboxylic acids is 1. The van der Waals surface area contributed by atoms with E-state index in [-0.39, 0.29) is 11.5 Å². The molecule has 0 saturated heterocycles. The molecule has 1 amide bonds. The zero-order chi connectivity index (χ0) is 12.6. The minimum atomic E-state index is -1.05. The molecule has 0 saturated carbocycles. The number of fused-ring (bicyclic) bond motifs is 1. The number of anilines is 2. The second-order valence-corrected chi connectivity index (χ2v) is 4.72. The van der Waals surface area contributed by atoms with E-state index in [1.807, 2.05) is 13.8 Å². The van der Waals surface area contributed by atoms with E-state index in [1.165, 1.54) is 6.07 Å². The number of para-hydroxylation sites is 1. The average Bonchev–Trinajstić information content (AvgIpc) is 2.37. The Kier molecular flexibility index (Phi) is 2.53. The summed E-state index contributed by atoms with van der Waals surface area (Å²) in [6.45, 7) is 4.08. The number of carboxylic acids is 1. The highest BCUT2D eigenvalue weighted by Gasteiger charge is 2.32. The molecule has 1 aliphatic rings. The second-order valence-electron chi connectivity index (χ2n) is 4.72. The van der Waals surface area contributed by atoms with Gasteiger partial charge in [0.25, 0.3) is 0 Å². The van der Waals surface area contributed by atoms with Gasteiger partial charge in [-0.15, -0.1) is 0 Å². The van der Waals surface area contributed by atoms with Crippen LogP contribution >= 0.6 is 0 Å². The molecule has 1 heterocycles. The zero-order valence-corrected chi connectivity index (χ0v) is 9.70. The lowest BCUT2D eigenvalue weighted by molar-refractivity contribution is -0.123. The van der Waals surface area contributed by atoms with Crippen LogP contribution in [0.1, 0.15) is 24.2 Å². The van der Waals surface area contributed by atoms with Gasteiger partial charge in [0.05, 0.1) is 22.4 Å². The Labute approximate surface area is 98.8 Å².